The number of carboxylic acid groups (broad SMARTS) is 1. The number of nitrogens with zero attached hydrogens (tertiary/aromatic N) is 1. The number of phenolic OH excluding ortho intramolecular Hbond substituents is 2. The first-order chi connectivity index (χ1) is 22.8. The van der Waals surface area contributed by atoms with Crippen LogP contribution in [0.1, 0.15) is 26.3 Å². The minimum atomic E-state index is -5.53. The molecule has 0 bridgehead atoms. The molecule has 20 heteroatoms. The number of aromatic hydroxyl groups is 2. The van der Waals surface area contributed by atoms with Crippen LogP contribution >= 0.6 is 0 Å². The van der Waals surface area contributed by atoms with Crippen LogP contribution in [0.4, 0.5) is 11.4 Å². The lowest BCUT2D eigenvalue weighted by Gasteiger charge is -2.22. The maximum absolute atomic E-state index is 13.3. The first-order valence-electron chi connectivity index (χ1n) is 13.3. The van der Waals surface area contributed by atoms with Crippen molar-refractivity contribution in [1.29, 1.82) is 5.41 Å². The quantitative estimate of drug-likeness (QED) is 0.0278. The Morgan fingerprint density at radius 1 is 0.939 bits per heavy atom. The Labute approximate surface area is 273 Å². The second kappa shape index (κ2) is 12.2. The predicted molar refractivity (Wildman–Crippen MR) is 162 cm³/mol. The van der Waals surface area contributed by atoms with Gasteiger partial charge in [0, 0.05) is 28.5 Å². The second-order valence-electron chi connectivity index (χ2n) is 10.2. The number of carbonyl (C=O) groups is 2. The second-order valence-corrected chi connectivity index (χ2v) is 12.8. The average molecular weight is 714 g/mol. The number of nitrogens with two attached hydrogens (primary N) is 1. The number of fused-ring (bicyclic) bond motifs is 2. The molecule has 1 heterocycles. The van der Waals surface area contributed by atoms with E-state index in [1.807, 2.05) is 0 Å². The third-order valence-corrected chi connectivity index (χ3v) is 9.07. The van der Waals surface area contributed by atoms with Crippen LogP contribution in [0, 0.1) is 15.5 Å². The van der Waals surface area contributed by atoms with Gasteiger partial charge in [0.2, 0.25) is 0 Å². The number of hydrogen-bond donors (Lipinski definition) is 5. The first kappa shape index (κ1) is 34.3. The smallest absolute Gasteiger partial charge is 0.339 e. The van der Waals surface area contributed by atoms with E-state index >= 15 is 0 Å². The molecule has 0 unspecified atom stereocenters. The Hall–Kier alpha value is -6.09. The Morgan fingerprint density at radius 2 is 1.59 bits per heavy atom. The van der Waals surface area contributed by atoms with Crippen LogP contribution in [0.2, 0.25) is 0 Å². The van der Waals surface area contributed by atoms with Crippen molar-refractivity contribution in [1.82, 2.24) is 0 Å². The number of nitrogens with one attached hydrogen (secondary N) is 1. The van der Waals surface area contributed by atoms with E-state index in [-0.39, 0.29) is 28.5 Å². The molecule has 0 radical (unpaired) electrons. The molecule has 18 nitrogen and oxygen atoms in total. The zero-order valence-corrected chi connectivity index (χ0v) is 25.8. The molecule has 5 rings (SSSR count). The predicted octanol–water partition coefficient (Wildman–Crippen LogP) is 2.49. The molecule has 1 aliphatic carbocycles. The normalized spacial score (nSPS) is 11.9. The van der Waals surface area contributed by atoms with Crippen molar-refractivity contribution in [3.05, 3.63) is 86.8 Å². The lowest BCUT2D eigenvalue weighted by molar-refractivity contribution is -0.385. The van der Waals surface area contributed by atoms with Gasteiger partial charge >= 0.3 is 11.9 Å². The molecule has 3 aromatic carbocycles. The van der Waals surface area contributed by atoms with Crippen LogP contribution < -0.4 is 11.1 Å². The van der Waals surface area contributed by atoms with Gasteiger partial charge in [0.05, 0.1) is 39.8 Å². The molecule has 0 saturated heterocycles. The van der Waals surface area contributed by atoms with E-state index in [1.54, 1.807) is 0 Å². The van der Waals surface area contributed by atoms with Crippen molar-refractivity contribution in [3.63, 3.8) is 0 Å². The van der Waals surface area contributed by atoms with Crippen LogP contribution in [-0.4, -0.2) is 64.7 Å². The highest BCUT2D eigenvalue weighted by atomic mass is 32.2. The number of benzene rings is 4. The zero-order valence-electron chi connectivity index (χ0n) is 24.2. The number of anilines is 1. The van der Waals surface area contributed by atoms with Gasteiger partial charge in [0.15, 0.2) is 22.8 Å². The number of carboxylic acids is 1. The highest BCUT2D eigenvalue weighted by molar-refractivity contribution is 7.86. The number of ether oxygens (including phenoxy) is 1. The number of nitrogen functional groups attached to an aromatic ring is 1. The van der Waals surface area contributed by atoms with Gasteiger partial charge in [-0.3, -0.25) is 15.5 Å². The van der Waals surface area contributed by atoms with Crippen LogP contribution in [0.5, 0.6) is 11.5 Å². The molecule has 2 aliphatic rings. The van der Waals surface area contributed by atoms with Crippen molar-refractivity contribution in [2.24, 2.45) is 0 Å². The summed E-state index contributed by atoms with van der Waals surface area (Å²) in [4.78, 5) is 34.1. The van der Waals surface area contributed by atoms with Crippen molar-refractivity contribution >= 4 is 54.5 Å². The van der Waals surface area contributed by atoms with E-state index in [0.29, 0.717) is 6.07 Å². The minimum absolute atomic E-state index is 0.146. The van der Waals surface area contributed by atoms with Crippen molar-refractivity contribution in [3.8, 4) is 33.9 Å². The van der Waals surface area contributed by atoms with Gasteiger partial charge < -0.3 is 39.3 Å². The largest absolute Gasteiger partial charge is 0.744 e. The van der Waals surface area contributed by atoms with Gasteiger partial charge in [-0.2, -0.15) is 0 Å². The standard InChI is InChI=1S/C29H21N3O15S2/c30-17-6-4-14-22(15-5-7-18(31)27(49(43,44)45)25(15)47-24(14)26(17)48(40,41)42)13-2-1-3-16(23(13)28(35)36)29(37)46-9-8-12-10-20(33)21(34)11-19(12)32(38)39/h1-7,10-11,30,33-34H,8-9,31H2,(H,35,36)(H,40,41,42)(H,43,44,45)/p-2. The molecule has 0 aromatic heterocycles. The summed E-state index contributed by atoms with van der Waals surface area (Å²) >= 11 is 0. The lowest BCUT2D eigenvalue weighted by Crippen LogP contribution is -2.17. The number of esters is 1. The Kier molecular flexibility index (Phi) is 8.51. The summed E-state index contributed by atoms with van der Waals surface area (Å²) < 4.78 is 84.3. The molecule has 254 valence electrons. The molecule has 6 N–H and O–H groups in total. The Morgan fingerprint density at radius 3 is 2.20 bits per heavy atom. The summed E-state index contributed by atoms with van der Waals surface area (Å²) in [7, 11) is -11.0. The number of carbonyl (C=O) groups excluding carboxylic acids is 1. The topological polar surface area (TPSA) is 325 Å². The van der Waals surface area contributed by atoms with Crippen LogP contribution in [0.3, 0.4) is 0 Å². The maximum Gasteiger partial charge on any atom is 0.339 e. The highest BCUT2D eigenvalue weighted by Gasteiger charge is 2.31. The van der Waals surface area contributed by atoms with E-state index in [1.165, 1.54) is 6.07 Å². The average Bonchev–Trinajstić information content (AvgIpc) is 2.99. The summed E-state index contributed by atoms with van der Waals surface area (Å²) in [5.41, 5.74) is 0.993. The number of rotatable bonds is 9. The van der Waals surface area contributed by atoms with Crippen LogP contribution in [-0.2, 0) is 31.4 Å². The van der Waals surface area contributed by atoms with Crippen LogP contribution in [0.15, 0.2) is 68.8 Å². The molecule has 3 aromatic rings. The van der Waals surface area contributed by atoms with Crippen molar-refractivity contribution in [2.45, 2.75) is 16.2 Å². The lowest BCUT2D eigenvalue weighted by atomic mass is 9.88. The fraction of sp³-hybridized carbons (Fsp3) is 0.0690. The highest BCUT2D eigenvalue weighted by Crippen LogP contribution is 2.46. The van der Waals surface area contributed by atoms with Gasteiger partial charge in [-0.05, 0) is 42.0 Å². The summed E-state index contributed by atoms with van der Waals surface area (Å²) in [6.45, 7) is -0.593. The summed E-state index contributed by atoms with van der Waals surface area (Å²) in [6.07, 6.45) is -0.372. The molecule has 0 spiro atoms. The number of hydrogen-bond acceptors (Lipinski definition) is 16. The van der Waals surface area contributed by atoms with Crippen molar-refractivity contribution < 1.29 is 64.9 Å². The number of nitro benzene ring substituents is 1. The monoisotopic (exact) mass is 713 g/mol. The zero-order chi connectivity index (χ0) is 36.2. The molecule has 0 fully saturated rings. The Bertz CT molecular complexity index is 2510. The SMILES string of the molecule is N=c1ccc2c(-c3cccc(C(=O)OCCc4cc(O)c(O)cc4[N+](=O)[O-])c3C(=O)O)c3ccc(N)c(S(=O)(=O)[O-])c3oc-2c1S(=O)(=O)[O-]. The number of aromatic carboxylic acids is 1. The Balaban J connectivity index is 1.74. The number of phenols is 2. The molecular formula is C29H19N3O15S2-2. The van der Waals surface area contributed by atoms with Gasteiger partial charge in [0.25, 0.3) is 5.69 Å². The van der Waals surface area contributed by atoms with Gasteiger partial charge in [-0.1, -0.05) is 12.1 Å². The number of nitro groups is 1. The molecule has 1 aliphatic heterocycles. The van der Waals surface area contributed by atoms with Gasteiger partial charge in [-0.15, -0.1) is 0 Å². The fourth-order valence-corrected chi connectivity index (χ4v) is 6.70. The minimum Gasteiger partial charge on any atom is -0.744 e. The van der Waals surface area contributed by atoms with E-state index in [2.05, 4.69) is 0 Å². The summed E-state index contributed by atoms with van der Waals surface area (Å²) in [6, 6.07) is 8.95. The summed E-state index contributed by atoms with van der Waals surface area (Å²) in [5.74, 6) is -5.41. The molecular weight excluding hydrogens is 694 g/mol. The van der Waals surface area contributed by atoms with Gasteiger partial charge in [0.1, 0.15) is 30.0 Å². The fourth-order valence-electron chi connectivity index (χ4n) is 5.25. The van der Waals surface area contributed by atoms with E-state index in [4.69, 9.17) is 20.3 Å². The molecule has 49 heavy (non-hydrogen) atoms. The maximum atomic E-state index is 13.3. The third kappa shape index (κ3) is 6.18. The third-order valence-electron chi connectivity index (χ3n) is 7.24. The molecule has 0 atom stereocenters. The first-order valence-corrected chi connectivity index (χ1v) is 16.2. The van der Waals surface area contributed by atoms with Gasteiger partial charge in [-0.25, -0.2) is 26.4 Å². The van der Waals surface area contributed by atoms with E-state index in [9.17, 15) is 61.0 Å². The van der Waals surface area contributed by atoms with Crippen molar-refractivity contribution in [2.75, 3.05) is 12.3 Å². The molecule has 0 saturated carbocycles. The summed E-state index contributed by atoms with van der Waals surface area (Å²) in [5, 5.41) is 47.9. The van der Waals surface area contributed by atoms with E-state index in [0.717, 1.165) is 42.5 Å². The molecule has 0 amide bonds. The van der Waals surface area contributed by atoms with E-state index < -0.39 is 110 Å². The van der Waals surface area contributed by atoms with Crippen LogP contribution in [0.25, 0.3) is 33.4 Å².